The fraction of sp³-hybridized carbons (Fsp3) is 0.100. The SMILES string of the molecule is COC(=O)c1ncn(-c2ncc(C(=O)O)cc2[N+](=O)[O-])n1. The van der Waals surface area contributed by atoms with Gasteiger partial charge in [-0.1, -0.05) is 0 Å². The first-order valence-corrected chi connectivity index (χ1v) is 5.32. The molecule has 1 N–H and O–H groups in total. The summed E-state index contributed by atoms with van der Waals surface area (Å²) >= 11 is 0. The quantitative estimate of drug-likeness (QED) is 0.468. The standard InChI is InChI=1S/C10H7N5O6/c1-21-10(18)7-12-4-14(13-7)8-6(15(19)20)2-5(3-11-8)9(16)17/h2-4H,1H3,(H,16,17). The first kappa shape index (κ1) is 14.0. The van der Waals surface area contributed by atoms with Crippen LogP contribution in [0.2, 0.25) is 0 Å². The Hall–Kier alpha value is -3.37. The molecule has 2 heterocycles. The molecule has 0 aliphatic heterocycles. The molecule has 0 saturated carbocycles. The number of carbonyl (C=O) groups is 2. The number of carboxylic acids is 1. The van der Waals surface area contributed by atoms with Gasteiger partial charge in [0.2, 0.25) is 5.82 Å². The molecule has 0 aliphatic rings. The van der Waals surface area contributed by atoms with Gasteiger partial charge < -0.3 is 9.84 Å². The highest BCUT2D eigenvalue weighted by Crippen LogP contribution is 2.21. The summed E-state index contributed by atoms with van der Waals surface area (Å²) in [6, 6.07) is 0.837. The molecule has 0 atom stereocenters. The Kier molecular flexibility index (Phi) is 3.56. The largest absolute Gasteiger partial charge is 0.478 e. The third-order valence-electron chi connectivity index (χ3n) is 2.37. The number of hydrogen-bond donors (Lipinski definition) is 1. The Bertz CT molecular complexity index is 739. The van der Waals surface area contributed by atoms with Crippen molar-refractivity contribution >= 4 is 17.6 Å². The van der Waals surface area contributed by atoms with E-state index in [4.69, 9.17) is 5.11 Å². The lowest BCUT2D eigenvalue weighted by atomic mass is 10.2. The van der Waals surface area contributed by atoms with E-state index in [0.717, 1.165) is 30.4 Å². The lowest BCUT2D eigenvalue weighted by Gasteiger charge is -2.02. The molecule has 0 unspecified atom stereocenters. The number of carboxylic acid groups (broad SMARTS) is 1. The zero-order valence-electron chi connectivity index (χ0n) is 10.5. The van der Waals surface area contributed by atoms with Gasteiger partial charge in [0.25, 0.3) is 5.82 Å². The number of nitro groups is 1. The third-order valence-corrected chi connectivity index (χ3v) is 2.37. The van der Waals surface area contributed by atoms with Crippen molar-refractivity contribution in [3.05, 3.63) is 40.1 Å². The Morgan fingerprint density at radius 2 is 2.14 bits per heavy atom. The van der Waals surface area contributed by atoms with Crippen molar-refractivity contribution in [1.82, 2.24) is 19.7 Å². The minimum absolute atomic E-state index is 0.271. The van der Waals surface area contributed by atoms with E-state index >= 15 is 0 Å². The second-order valence-corrected chi connectivity index (χ2v) is 3.63. The molecule has 0 radical (unpaired) electrons. The van der Waals surface area contributed by atoms with Gasteiger partial charge in [0, 0.05) is 12.3 Å². The predicted octanol–water partition coefficient (Wildman–Crippen LogP) is 0.0553. The molecule has 2 aromatic heterocycles. The van der Waals surface area contributed by atoms with Crippen molar-refractivity contribution in [1.29, 1.82) is 0 Å². The summed E-state index contributed by atoms with van der Waals surface area (Å²) in [6.45, 7) is 0. The minimum Gasteiger partial charge on any atom is -0.478 e. The zero-order chi connectivity index (χ0) is 15.6. The molecule has 11 nitrogen and oxygen atoms in total. The number of rotatable bonds is 4. The molecule has 0 aliphatic carbocycles. The molecular weight excluding hydrogens is 286 g/mol. The number of aromatic nitrogens is 4. The zero-order valence-corrected chi connectivity index (χ0v) is 10.5. The molecule has 0 saturated heterocycles. The van der Waals surface area contributed by atoms with Crippen LogP contribution in [0.4, 0.5) is 5.69 Å². The molecule has 11 heteroatoms. The summed E-state index contributed by atoms with van der Waals surface area (Å²) in [6.07, 6.45) is 1.96. The topological polar surface area (TPSA) is 150 Å². The van der Waals surface area contributed by atoms with Gasteiger partial charge in [-0.05, 0) is 0 Å². The van der Waals surface area contributed by atoms with Crippen LogP contribution < -0.4 is 0 Å². The van der Waals surface area contributed by atoms with Crippen LogP contribution in [0.5, 0.6) is 0 Å². The average Bonchev–Trinajstić information content (AvgIpc) is 2.95. The maximum Gasteiger partial charge on any atom is 0.377 e. The Balaban J connectivity index is 2.53. The number of aromatic carboxylic acids is 1. The van der Waals surface area contributed by atoms with Gasteiger partial charge in [-0.15, -0.1) is 5.10 Å². The Labute approximate surface area is 116 Å². The highest BCUT2D eigenvalue weighted by molar-refractivity contribution is 5.88. The fourth-order valence-corrected chi connectivity index (χ4v) is 1.42. The van der Waals surface area contributed by atoms with Crippen molar-refractivity contribution in [2.24, 2.45) is 0 Å². The van der Waals surface area contributed by atoms with Crippen molar-refractivity contribution in [3.8, 4) is 5.82 Å². The molecule has 2 aromatic rings. The predicted molar refractivity (Wildman–Crippen MR) is 64.1 cm³/mol. The van der Waals surface area contributed by atoms with Crippen LogP contribution in [-0.2, 0) is 4.74 Å². The second kappa shape index (κ2) is 5.32. The van der Waals surface area contributed by atoms with E-state index in [1.165, 1.54) is 0 Å². The fourth-order valence-electron chi connectivity index (χ4n) is 1.42. The van der Waals surface area contributed by atoms with Gasteiger partial charge in [-0.2, -0.15) is 4.68 Å². The Morgan fingerprint density at radius 3 is 2.71 bits per heavy atom. The van der Waals surface area contributed by atoms with Crippen LogP contribution in [0, 0.1) is 10.1 Å². The molecular formula is C10H7N5O6. The third kappa shape index (κ3) is 2.65. The molecule has 0 spiro atoms. The van der Waals surface area contributed by atoms with Crippen molar-refractivity contribution in [2.75, 3.05) is 7.11 Å². The van der Waals surface area contributed by atoms with E-state index in [-0.39, 0.29) is 17.2 Å². The average molecular weight is 293 g/mol. The lowest BCUT2D eigenvalue weighted by molar-refractivity contribution is -0.385. The highest BCUT2D eigenvalue weighted by Gasteiger charge is 2.22. The maximum atomic E-state index is 11.2. The number of hydrogen-bond acceptors (Lipinski definition) is 8. The van der Waals surface area contributed by atoms with E-state index in [0.29, 0.717) is 0 Å². The summed E-state index contributed by atoms with van der Waals surface area (Å²) in [7, 11) is 1.13. The van der Waals surface area contributed by atoms with Gasteiger partial charge >= 0.3 is 17.6 Å². The van der Waals surface area contributed by atoms with Crippen LogP contribution >= 0.6 is 0 Å². The van der Waals surface area contributed by atoms with E-state index < -0.39 is 22.5 Å². The number of methoxy groups -OCH3 is 1. The van der Waals surface area contributed by atoms with Crippen LogP contribution in [0.25, 0.3) is 5.82 Å². The van der Waals surface area contributed by atoms with Gasteiger partial charge in [0.05, 0.1) is 17.6 Å². The molecule has 2 rings (SSSR count). The van der Waals surface area contributed by atoms with Crippen LogP contribution in [0.15, 0.2) is 18.6 Å². The minimum atomic E-state index is -1.36. The molecule has 21 heavy (non-hydrogen) atoms. The Morgan fingerprint density at radius 1 is 1.43 bits per heavy atom. The number of esters is 1. The van der Waals surface area contributed by atoms with Crippen molar-refractivity contribution < 1.29 is 24.4 Å². The van der Waals surface area contributed by atoms with Gasteiger partial charge in [-0.25, -0.2) is 19.6 Å². The van der Waals surface area contributed by atoms with E-state index in [9.17, 15) is 19.7 Å². The van der Waals surface area contributed by atoms with E-state index in [2.05, 4.69) is 19.8 Å². The summed E-state index contributed by atoms with van der Waals surface area (Å²) in [5.41, 5.74) is -0.935. The normalized spacial score (nSPS) is 10.1. The highest BCUT2D eigenvalue weighted by atomic mass is 16.6. The van der Waals surface area contributed by atoms with Gasteiger partial charge in [0.15, 0.2) is 0 Å². The van der Waals surface area contributed by atoms with Crippen LogP contribution in [0.3, 0.4) is 0 Å². The first-order chi connectivity index (χ1) is 9.93. The lowest BCUT2D eigenvalue weighted by Crippen LogP contribution is -2.09. The maximum absolute atomic E-state index is 11.2. The van der Waals surface area contributed by atoms with Gasteiger partial charge in [-0.3, -0.25) is 10.1 Å². The van der Waals surface area contributed by atoms with Crippen LogP contribution in [-0.4, -0.2) is 48.8 Å². The smallest absolute Gasteiger partial charge is 0.377 e. The van der Waals surface area contributed by atoms with E-state index in [1.54, 1.807) is 0 Å². The van der Waals surface area contributed by atoms with Gasteiger partial charge in [0.1, 0.15) is 6.33 Å². The van der Waals surface area contributed by atoms with Crippen molar-refractivity contribution in [3.63, 3.8) is 0 Å². The summed E-state index contributed by atoms with van der Waals surface area (Å²) in [5.74, 6) is -2.76. The number of nitrogens with zero attached hydrogens (tertiary/aromatic N) is 5. The summed E-state index contributed by atoms with van der Waals surface area (Å²) in [5, 5.41) is 23.5. The number of ether oxygens (including phenoxy) is 1. The monoisotopic (exact) mass is 293 g/mol. The number of carbonyl (C=O) groups excluding carboxylic acids is 1. The molecule has 0 bridgehead atoms. The molecule has 108 valence electrons. The van der Waals surface area contributed by atoms with Crippen LogP contribution in [0.1, 0.15) is 21.0 Å². The molecule has 0 amide bonds. The molecule has 0 fully saturated rings. The summed E-state index contributed by atoms with van der Waals surface area (Å²) < 4.78 is 5.29. The number of pyridine rings is 1. The van der Waals surface area contributed by atoms with Crippen molar-refractivity contribution in [2.45, 2.75) is 0 Å². The van der Waals surface area contributed by atoms with E-state index in [1.807, 2.05) is 0 Å². The molecule has 0 aromatic carbocycles. The first-order valence-electron chi connectivity index (χ1n) is 5.32. The second-order valence-electron chi connectivity index (χ2n) is 3.63. The summed E-state index contributed by atoms with van der Waals surface area (Å²) in [4.78, 5) is 39.5.